The van der Waals surface area contributed by atoms with Crippen LogP contribution in [-0.4, -0.2) is 60.2 Å². The van der Waals surface area contributed by atoms with Crippen LogP contribution in [0.25, 0.3) is 0 Å². The average Bonchev–Trinajstić information content (AvgIpc) is 3.38. The lowest BCUT2D eigenvalue weighted by atomic mass is 10.0. The average molecular weight is 419 g/mol. The number of methoxy groups -OCH3 is 1. The molecule has 2 N–H and O–H groups in total. The number of rotatable bonds is 4. The summed E-state index contributed by atoms with van der Waals surface area (Å²) in [5.41, 5.74) is 2.85. The van der Waals surface area contributed by atoms with Crippen LogP contribution in [0.1, 0.15) is 40.9 Å². The van der Waals surface area contributed by atoms with Gasteiger partial charge in [0.05, 0.1) is 17.7 Å². The van der Waals surface area contributed by atoms with Gasteiger partial charge in [0.15, 0.2) is 12.4 Å². The number of hydrogen-bond donors (Lipinski definition) is 1. The largest absolute Gasteiger partial charge is 0.496 e. The number of ether oxygens (including phenoxy) is 1. The Bertz CT molecular complexity index is 862. The summed E-state index contributed by atoms with van der Waals surface area (Å²) in [6.45, 7) is 5.86. The number of aliphatic hydroxyl groups is 1. The molecular weight excluding hydrogens is 390 g/mol. The summed E-state index contributed by atoms with van der Waals surface area (Å²) in [6.07, 6.45) is 4.62. The number of fused-ring (bicyclic) bond motifs is 2. The Hall–Kier alpha value is -2.15. The quantitative estimate of drug-likeness (QED) is 0.829. The molecule has 3 atom stereocenters. The van der Waals surface area contributed by atoms with Crippen LogP contribution >= 0.6 is 11.6 Å². The van der Waals surface area contributed by atoms with Crippen LogP contribution in [0.15, 0.2) is 36.7 Å². The molecule has 2 fully saturated rings. The van der Waals surface area contributed by atoms with Crippen molar-refractivity contribution in [3.63, 3.8) is 0 Å². The second kappa shape index (κ2) is 9.11. The predicted octanol–water partition coefficient (Wildman–Crippen LogP) is 2.74. The molecule has 1 amide bonds. The van der Waals surface area contributed by atoms with Crippen molar-refractivity contribution in [3.05, 3.63) is 58.4 Å². The molecule has 1 aromatic heterocycles. The molecule has 0 aliphatic carbocycles. The molecule has 6 nitrogen and oxygen atoms in total. The molecule has 2 aromatic rings. The molecule has 0 saturated carbocycles. The van der Waals surface area contributed by atoms with E-state index in [1.807, 2.05) is 30.0 Å². The number of halogens is 1. The van der Waals surface area contributed by atoms with E-state index in [-0.39, 0.29) is 18.0 Å². The van der Waals surface area contributed by atoms with E-state index in [1.165, 1.54) is 0 Å². The first-order valence-electron chi connectivity index (χ1n) is 9.81. The van der Waals surface area contributed by atoms with Gasteiger partial charge in [-0.15, -0.1) is 0 Å². The summed E-state index contributed by atoms with van der Waals surface area (Å²) in [5, 5.41) is 7.78. The minimum absolute atomic E-state index is 0.127. The molecule has 0 unspecified atom stereocenters. The molecular formula is C22H29ClN3O3+. The van der Waals surface area contributed by atoms with E-state index in [0.717, 1.165) is 54.1 Å². The molecule has 0 radical (unpaired) electrons. The number of amides is 1. The highest BCUT2D eigenvalue weighted by Crippen LogP contribution is 2.41. The SMILES string of the molecule is CO.COc1ccc([C@H](C)N2C[C@@H]3C[C@H]2CN3C(=O)c2cc[nH+]cc2)c(Cl)c1C. The Morgan fingerprint density at radius 2 is 1.90 bits per heavy atom. The topological polar surface area (TPSA) is 67.2 Å². The molecule has 1 aromatic carbocycles. The normalized spacial score (nSPS) is 21.5. The smallest absolute Gasteiger partial charge is 0.254 e. The van der Waals surface area contributed by atoms with Crippen LogP contribution in [0, 0.1) is 6.92 Å². The van der Waals surface area contributed by atoms with Crippen molar-refractivity contribution in [3.8, 4) is 5.75 Å². The minimum Gasteiger partial charge on any atom is -0.496 e. The number of aliphatic hydroxyl groups excluding tert-OH is 1. The van der Waals surface area contributed by atoms with Crippen molar-refractivity contribution >= 4 is 17.5 Å². The van der Waals surface area contributed by atoms with Gasteiger partial charge in [-0.2, -0.15) is 0 Å². The van der Waals surface area contributed by atoms with Gasteiger partial charge in [0.25, 0.3) is 5.91 Å². The van der Waals surface area contributed by atoms with Crippen LogP contribution in [0.3, 0.4) is 0 Å². The molecule has 2 aliphatic rings. The number of hydrogen-bond acceptors (Lipinski definition) is 4. The first-order valence-corrected chi connectivity index (χ1v) is 10.2. The van der Waals surface area contributed by atoms with Crippen LogP contribution in [0.4, 0.5) is 0 Å². The Labute approximate surface area is 177 Å². The number of likely N-dealkylation sites (tertiary alicyclic amines) is 2. The van der Waals surface area contributed by atoms with E-state index < -0.39 is 0 Å². The zero-order chi connectivity index (χ0) is 21.1. The summed E-state index contributed by atoms with van der Waals surface area (Å²) < 4.78 is 5.37. The summed E-state index contributed by atoms with van der Waals surface area (Å²) in [7, 11) is 2.66. The number of benzene rings is 1. The number of nitrogens with zero attached hydrogens (tertiary/aromatic N) is 2. The van der Waals surface area contributed by atoms with Crippen LogP contribution in [0.2, 0.25) is 5.02 Å². The lowest BCUT2D eigenvalue weighted by molar-refractivity contribution is -0.378. The monoisotopic (exact) mass is 418 g/mol. The van der Waals surface area contributed by atoms with Crippen molar-refractivity contribution < 1.29 is 19.6 Å². The van der Waals surface area contributed by atoms with Gasteiger partial charge in [0.2, 0.25) is 0 Å². The number of aromatic amines is 1. The number of piperazine rings is 1. The highest BCUT2D eigenvalue weighted by atomic mass is 35.5. The van der Waals surface area contributed by atoms with E-state index in [0.29, 0.717) is 6.04 Å². The highest BCUT2D eigenvalue weighted by Gasteiger charge is 2.47. The standard InChI is InChI=1S/C21H24ClN3O2.CH4O/c1-13-19(27-3)5-4-18(20(13)22)14(2)24-11-17-10-16(24)12-25(17)21(26)15-6-8-23-9-7-15;1-2/h4-9,14,16-17H,10-12H2,1-3H3;2H,1H3/p+1/t14-,16-,17-;/m0./s1. The third-order valence-electron chi connectivity index (χ3n) is 6.04. The molecule has 0 spiro atoms. The maximum absolute atomic E-state index is 12.8. The Morgan fingerprint density at radius 3 is 2.48 bits per heavy atom. The van der Waals surface area contributed by atoms with Gasteiger partial charge in [-0.1, -0.05) is 17.7 Å². The van der Waals surface area contributed by atoms with Crippen LogP contribution in [0.5, 0.6) is 5.75 Å². The highest BCUT2D eigenvalue weighted by molar-refractivity contribution is 6.32. The Balaban J connectivity index is 0.00000117. The second-order valence-corrected chi connectivity index (χ2v) is 7.84. The number of carbonyl (C=O) groups excluding carboxylic acids is 1. The van der Waals surface area contributed by atoms with Gasteiger partial charge in [-0.3, -0.25) is 9.69 Å². The van der Waals surface area contributed by atoms with Crippen LogP contribution in [-0.2, 0) is 0 Å². The lowest BCUT2D eigenvalue weighted by Crippen LogP contribution is -2.49. The van der Waals surface area contributed by atoms with Crippen molar-refractivity contribution in [1.82, 2.24) is 9.80 Å². The van der Waals surface area contributed by atoms with Crippen molar-refractivity contribution in [2.45, 2.75) is 38.4 Å². The molecule has 156 valence electrons. The van der Waals surface area contributed by atoms with E-state index in [2.05, 4.69) is 22.9 Å². The van der Waals surface area contributed by atoms with Gasteiger partial charge in [0.1, 0.15) is 5.75 Å². The third-order valence-corrected chi connectivity index (χ3v) is 6.54. The summed E-state index contributed by atoms with van der Waals surface area (Å²) in [6, 6.07) is 8.59. The second-order valence-electron chi connectivity index (χ2n) is 7.46. The summed E-state index contributed by atoms with van der Waals surface area (Å²) in [5.74, 6) is 0.942. The number of carbonyl (C=O) groups is 1. The van der Waals surface area contributed by atoms with E-state index in [4.69, 9.17) is 21.4 Å². The first-order chi connectivity index (χ1) is 14.0. The van der Waals surface area contributed by atoms with Gasteiger partial charge < -0.3 is 14.7 Å². The van der Waals surface area contributed by atoms with E-state index >= 15 is 0 Å². The van der Waals surface area contributed by atoms with Gasteiger partial charge in [0, 0.05) is 56.0 Å². The van der Waals surface area contributed by atoms with Gasteiger partial charge in [-0.05, 0) is 31.9 Å². The first kappa shape index (κ1) is 21.6. The molecule has 2 saturated heterocycles. The lowest BCUT2D eigenvalue weighted by Gasteiger charge is -2.38. The molecule has 4 rings (SSSR count). The minimum atomic E-state index is 0.127. The maximum atomic E-state index is 12.8. The molecule has 7 heteroatoms. The van der Waals surface area contributed by atoms with E-state index in [9.17, 15) is 4.79 Å². The molecule has 2 aliphatic heterocycles. The molecule has 3 heterocycles. The zero-order valence-corrected chi connectivity index (χ0v) is 18.1. The van der Waals surface area contributed by atoms with E-state index in [1.54, 1.807) is 19.5 Å². The van der Waals surface area contributed by atoms with Crippen molar-refractivity contribution in [2.75, 3.05) is 27.3 Å². The number of nitrogens with one attached hydrogen (secondary N) is 1. The summed E-state index contributed by atoms with van der Waals surface area (Å²) >= 11 is 6.64. The number of aromatic nitrogens is 1. The fourth-order valence-corrected chi connectivity index (χ4v) is 4.84. The van der Waals surface area contributed by atoms with Crippen LogP contribution < -0.4 is 9.72 Å². The predicted molar refractivity (Wildman–Crippen MR) is 112 cm³/mol. The summed E-state index contributed by atoms with van der Waals surface area (Å²) in [4.78, 5) is 20.3. The fraction of sp³-hybridized carbons (Fsp3) is 0.455. The number of pyridine rings is 1. The molecule has 2 bridgehead atoms. The number of H-pyrrole nitrogens is 1. The van der Waals surface area contributed by atoms with Crippen molar-refractivity contribution in [2.24, 2.45) is 0 Å². The Morgan fingerprint density at radius 1 is 1.21 bits per heavy atom. The maximum Gasteiger partial charge on any atom is 0.254 e. The van der Waals surface area contributed by atoms with Gasteiger partial charge >= 0.3 is 0 Å². The zero-order valence-electron chi connectivity index (χ0n) is 17.4. The van der Waals surface area contributed by atoms with Gasteiger partial charge in [-0.25, -0.2) is 4.98 Å². The third kappa shape index (κ3) is 3.97. The fourth-order valence-electron chi connectivity index (χ4n) is 4.53. The van der Waals surface area contributed by atoms with Crippen molar-refractivity contribution in [1.29, 1.82) is 0 Å². The molecule has 29 heavy (non-hydrogen) atoms. The Kier molecular flexibility index (Phi) is 6.77.